The molecule has 0 radical (unpaired) electrons. The number of allylic oxidation sites excluding steroid dienone is 14. The quantitative estimate of drug-likeness (QED) is 0.0228. The second kappa shape index (κ2) is 56.4. The number of ether oxygens (including phenoxy) is 5. The van der Waals surface area contributed by atoms with Crippen molar-refractivity contribution in [2.45, 2.75) is 314 Å². The van der Waals surface area contributed by atoms with Gasteiger partial charge in [0, 0.05) is 19.3 Å². The van der Waals surface area contributed by atoms with Gasteiger partial charge in [0.15, 0.2) is 24.6 Å². The molecule has 3 N–H and O–H groups in total. The molecule has 6 unspecified atom stereocenters. The van der Waals surface area contributed by atoms with Crippen LogP contribution < -0.4 is 0 Å². The number of aliphatic hydroxyl groups excluding tert-OH is 2. The highest BCUT2D eigenvalue weighted by Crippen LogP contribution is 2.26. The van der Waals surface area contributed by atoms with Crippen LogP contribution in [0.3, 0.4) is 0 Å². The summed E-state index contributed by atoms with van der Waals surface area (Å²) in [6.45, 7) is 5.84. The number of aliphatic hydroxyl groups is 2. The summed E-state index contributed by atoms with van der Waals surface area (Å²) in [4.78, 5) is 51.3. The van der Waals surface area contributed by atoms with Gasteiger partial charge < -0.3 is 39.0 Å². The molecule has 12 heteroatoms. The second-order valence-electron chi connectivity index (χ2n) is 22.0. The summed E-state index contributed by atoms with van der Waals surface area (Å²) in [6, 6.07) is 0. The van der Waals surface area contributed by atoms with Crippen LogP contribution in [0.2, 0.25) is 0 Å². The Morgan fingerprint density at radius 2 is 0.790 bits per heavy atom. The van der Waals surface area contributed by atoms with Gasteiger partial charge in [-0.1, -0.05) is 234 Å². The van der Waals surface area contributed by atoms with Crippen molar-refractivity contribution in [2.24, 2.45) is 0 Å². The minimum Gasteiger partial charge on any atom is -0.479 e. The first-order valence-electron chi connectivity index (χ1n) is 32.6. The number of carboxylic acids is 1. The lowest BCUT2D eigenvalue weighted by atomic mass is 9.98. The monoisotopic (exact) mass is 1140 g/mol. The first-order valence-corrected chi connectivity index (χ1v) is 32.6. The van der Waals surface area contributed by atoms with Crippen LogP contribution in [-0.4, -0.2) is 89.2 Å². The first-order chi connectivity index (χ1) is 39.6. The molecule has 0 aliphatic carbocycles. The fourth-order valence-corrected chi connectivity index (χ4v) is 9.45. The number of aliphatic carboxylic acids is 1. The normalized spacial score (nSPS) is 18.3. The summed E-state index contributed by atoms with van der Waals surface area (Å²) in [5.41, 5.74) is 0. The molecular formula is C69H116O12. The molecule has 6 atom stereocenters. The van der Waals surface area contributed by atoms with Crippen LogP contribution in [0.4, 0.5) is 0 Å². The van der Waals surface area contributed by atoms with Crippen molar-refractivity contribution >= 4 is 23.9 Å². The third kappa shape index (κ3) is 46.0. The Morgan fingerprint density at radius 3 is 1.23 bits per heavy atom. The van der Waals surface area contributed by atoms with Gasteiger partial charge in [0.05, 0.1) is 6.61 Å². The van der Waals surface area contributed by atoms with Gasteiger partial charge in [-0.05, 0) is 109 Å². The van der Waals surface area contributed by atoms with Gasteiger partial charge in [0.1, 0.15) is 18.8 Å². The van der Waals surface area contributed by atoms with Gasteiger partial charge in [-0.15, -0.1) is 0 Å². The van der Waals surface area contributed by atoms with Crippen LogP contribution in [-0.2, 0) is 42.9 Å². The van der Waals surface area contributed by atoms with Crippen LogP contribution in [0, 0.1) is 0 Å². The Kier molecular flexibility index (Phi) is 52.1. The largest absolute Gasteiger partial charge is 0.479 e. The van der Waals surface area contributed by atoms with E-state index in [1.165, 1.54) is 122 Å². The Balaban J connectivity index is 2.70. The van der Waals surface area contributed by atoms with Crippen LogP contribution in [0.1, 0.15) is 278 Å². The summed E-state index contributed by atoms with van der Waals surface area (Å²) >= 11 is 0. The summed E-state index contributed by atoms with van der Waals surface area (Å²) in [5.74, 6) is -3.21. The zero-order valence-corrected chi connectivity index (χ0v) is 51.3. The molecule has 81 heavy (non-hydrogen) atoms. The molecule has 0 aromatic carbocycles. The van der Waals surface area contributed by atoms with Crippen molar-refractivity contribution in [1.82, 2.24) is 0 Å². The van der Waals surface area contributed by atoms with E-state index in [4.69, 9.17) is 23.7 Å². The number of hydrogen-bond acceptors (Lipinski definition) is 11. The topological polar surface area (TPSA) is 175 Å². The van der Waals surface area contributed by atoms with E-state index in [1.807, 2.05) is 6.08 Å². The van der Waals surface area contributed by atoms with E-state index < -0.39 is 67.3 Å². The van der Waals surface area contributed by atoms with Gasteiger partial charge in [-0.25, -0.2) is 4.79 Å². The molecule has 1 aliphatic rings. The molecule has 12 nitrogen and oxygen atoms in total. The van der Waals surface area contributed by atoms with E-state index in [-0.39, 0.29) is 25.9 Å². The Bertz CT molecular complexity index is 1730. The third-order valence-corrected chi connectivity index (χ3v) is 14.4. The van der Waals surface area contributed by atoms with Crippen molar-refractivity contribution < 1.29 is 58.2 Å². The highest BCUT2D eigenvalue weighted by molar-refractivity contribution is 5.74. The van der Waals surface area contributed by atoms with Crippen LogP contribution >= 0.6 is 0 Å². The number of carboxylic acid groups (broad SMARTS) is 1. The highest BCUT2D eigenvalue weighted by atomic mass is 16.7. The molecular weight excluding hydrogens is 1020 g/mol. The molecule has 1 heterocycles. The van der Waals surface area contributed by atoms with Gasteiger partial charge >= 0.3 is 23.9 Å². The molecule has 0 spiro atoms. The lowest BCUT2D eigenvalue weighted by molar-refractivity contribution is -0.301. The Morgan fingerprint density at radius 1 is 0.420 bits per heavy atom. The Hall–Kier alpha value is -4.10. The highest BCUT2D eigenvalue weighted by Gasteiger charge is 2.50. The van der Waals surface area contributed by atoms with Crippen molar-refractivity contribution in [3.05, 3.63) is 85.1 Å². The van der Waals surface area contributed by atoms with Gasteiger partial charge in [0.25, 0.3) is 0 Å². The number of carbonyl (C=O) groups is 4. The zero-order valence-electron chi connectivity index (χ0n) is 51.3. The molecule has 1 aliphatic heterocycles. The van der Waals surface area contributed by atoms with E-state index >= 15 is 0 Å². The van der Waals surface area contributed by atoms with Gasteiger partial charge in [-0.2, -0.15) is 0 Å². The van der Waals surface area contributed by atoms with E-state index in [0.29, 0.717) is 25.7 Å². The smallest absolute Gasteiger partial charge is 0.335 e. The van der Waals surface area contributed by atoms with Crippen LogP contribution in [0.25, 0.3) is 0 Å². The lowest BCUT2D eigenvalue weighted by Gasteiger charge is -2.40. The molecule has 0 aromatic heterocycles. The summed E-state index contributed by atoms with van der Waals surface area (Å²) < 4.78 is 28.5. The molecule has 0 saturated carbocycles. The number of carbonyl (C=O) groups excluding carboxylic acids is 3. The number of rotatable bonds is 55. The third-order valence-electron chi connectivity index (χ3n) is 14.4. The molecule has 0 aromatic rings. The maximum Gasteiger partial charge on any atom is 0.335 e. The average Bonchev–Trinajstić information content (AvgIpc) is 3.52. The van der Waals surface area contributed by atoms with Crippen molar-refractivity contribution in [1.29, 1.82) is 0 Å². The van der Waals surface area contributed by atoms with Crippen LogP contribution in [0.15, 0.2) is 85.1 Å². The lowest BCUT2D eigenvalue weighted by Crippen LogP contribution is -2.61. The van der Waals surface area contributed by atoms with Crippen molar-refractivity contribution in [3.8, 4) is 0 Å². The van der Waals surface area contributed by atoms with Crippen molar-refractivity contribution in [3.63, 3.8) is 0 Å². The molecule has 1 rings (SSSR count). The fraction of sp³-hybridized carbons (Fsp3) is 0.739. The molecule has 0 bridgehead atoms. The number of hydrogen-bond donors (Lipinski definition) is 3. The molecule has 464 valence electrons. The van der Waals surface area contributed by atoms with Gasteiger partial charge in [0.2, 0.25) is 0 Å². The fourth-order valence-electron chi connectivity index (χ4n) is 9.45. The Labute approximate surface area is 492 Å². The molecule has 1 fully saturated rings. The van der Waals surface area contributed by atoms with E-state index in [0.717, 1.165) is 89.9 Å². The van der Waals surface area contributed by atoms with E-state index in [9.17, 15) is 34.5 Å². The minimum atomic E-state index is -1.92. The maximum absolute atomic E-state index is 13.2. The first kappa shape index (κ1) is 74.9. The minimum absolute atomic E-state index is 0.0417. The predicted molar refractivity (Wildman–Crippen MR) is 331 cm³/mol. The van der Waals surface area contributed by atoms with E-state index in [1.54, 1.807) is 0 Å². The summed E-state index contributed by atoms with van der Waals surface area (Å²) in [7, 11) is 0. The average molecular weight is 1140 g/mol. The van der Waals surface area contributed by atoms with Crippen molar-refractivity contribution in [2.75, 3.05) is 13.2 Å². The summed E-state index contributed by atoms with van der Waals surface area (Å²) in [6.07, 6.45) is 61.2. The zero-order chi connectivity index (χ0) is 58.9. The SMILES string of the molecule is CC/C=C\C/C=C\C/C=C\C/C=C\C/C=C\CCCC(=O)OC(COC(=O)CCCCCCCCCCC/C=C\CCCCCCCC)COC1OC(C(=O)O)C(O)C(O)C1OC(=O)CCCCCCC/C=C\CCCCCCCC. The maximum atomic E-state index is 13.2. The van der Waals surface area contributed by atoms with E-state index in [2.05, 4.69) is 99.8 Å². The number of esters is 3. The molecule has 0 amide bonds. The number of unbranched alkanes of at least 4 members (excludes halogenated alkanes) is 27. The summed E-state index contributed by atoms with van der Waals surface area (Å²) in [5, 5.41) is 31.6. The standard InChI is InChI=1S/C69H116O12/c1-4-7-10-13-16-19-22-25-28-30-31-33-35-37-40-43-46-49-52-55-61(70)77-58-60(79-62(71)56-53-50-47-44-41-39-36-32-29-26-23-20-17-14-11-8-5-2)59-78-69-67(65(74)64(73)66(81-69)68(75)76)80-63(72)57-54-51-48-45-42-38-34-27-24-21-18-15-12-9-6-3/h8,11,17,20,25-29,34,36,39,44,47,60,64-67,69,73-74H,4-7,9-10,12-16,18-19,21-24,30-33,35,37-38,40-43,45-46,48-59H2,1-3H3,(H,75,76)/b11-8-,20-17-,28-25-,29-26-,34-27-,39-36-,47-44-. The predicted octanol–water partition coefficient (Wildman–Crippen LogP) is 17.5. The molecule has 1 saturated heterocycles. The van der Waals surface area contributed by atoms with Gasteiger partial charge in [-0.3, -0.25) is 14.4 Å². The second-order valence-corrected chi connectivity index (χ2v) is 22.0. The van der Waals surface area contributed by atoms with Crippen LogP contribution in [0.5, 0.6) is 0 Å².